The lowest BCUT2D eigenvalue weighted by atomic mass is 9.73. The lowest BCUT2D eigenvalue weighted by molar-refractivity contribution is 0.160. The molecule has 2 heteroatoms. The molecule has 0 spiro atoms. The first-order chi connectivity index (χ1) is 7.83. The van der Waals surface area contributed by atoms with Gasteiger partial charge < -0.3 is 0 Å². The summed E-state index contributed by atoms with van der Waals surface area (Å²) >= 11 is 0. The summed E-state index contributed by atoms with van der Waals surface area (Å²) in [4.78, 5) is 2.45. The van der Waals surface area contributed by atoms with Crippen molar-refractivity contribution in [2.24, 2.45) is 17.8 Å². The van der Waals surface area contributed by atoms with Gasteiger partial charge >= 0.3 is 0 Å². The zero-order valence-electron chi connectivity index (χ0n) is 9.71. The Morgan fingerprint density at radius 2 is 2.06 bits per heavy atom. The molecule has 1 aliphatic heterocycles. The van der Waals surface area contributed by atoms with Crippen LogP contribution in [0.15, 0.2) is 24.3 Å². The average Bonchev–Trinajstić information content (AvgIpc) is 2.64. The molecule has 1 saturated heterocycles. The van der Waals surface area contributed by atoms with Crippen LogP contribution in [0.2, 0.25) is 0 Å². The number of rotatable bonds is 0. The molecule has 0 N–H and O–H groups in total. The Balaban J connectivity index is 1.94. The molecule has 3 rings (SSSR count). The monoisotopic (exact) mass is 214 g/mol. The van der Waals surface area contributed by atoms with Crippen molar-refractivity contribution < 1.29 is 0 Å². The van der Waals surface area contributed by atoms with Crippen LogP contribution in [0, 0.1) is 29.1 Å². The van der Waals surface area contributed by atoms with E-state index in [9.17, 15) is 5.26 Å². The first-order valence-electron chi connectivity index (χ1n) is 6.29. The van der Waals surface area contributed by atoms with Crippen molar-refractivity contribution >= 4 is 0 Å². The predicted molar refractivity (Wildman–Crippen MR) is 63.6 cm³/mol. The zero-order valence-corrected chi connectivity index (χ0v) is 9.71. The second-order valence-electron chi connectivity index (χ2n) is 5.32. The minimum atomic E-state index is 0.246. The molecule has 0 radical (unpaired) electrons. The average molecular weight is 214 g/mol. The van der Waals surface area contributed by atoms with Gasteiger partial charge in [0.05, 0.1) is 12.0 Å². The third-order valence-electron chi connectivity index (χ3n) is 4.65. The van der Waals surface area contributed by atoms with Crippen LogP contribution in [0.25, 0.3) is 0 Å². The number of fused-ring (bicyclic) bond motifs is 3. The summed E-state index contributed by atoms with van der Waals surface area (Å²) in [5, 5.41) is 9.28. The fraction of sp³-hybridized carbons (Fsp3) is 0.643. The van der Waals surface area contributed by atoms with Gasteiger partial charge in [-0.15, -0.1) is 0 Å². The lowest BCUT2D eigenvalue weighted by Crippen LogP contribution is -2.40. The molecule has 0 aromatic heterocycles. The van der Waals surface area contributed by atoms with E-state index in [4.69, 9.17) is 0 Å². The van der Waals surface area contributed by atoms with Gasteiger partial charge in [-0.1, -0.05) is 30.7 Å². The number of hydrogen-bond acceptors (Lipinski definition) is 2. The van der Waals surface area contributed by atoms with Gasteiger partial charge in [-0.25, -0.2) is 0 Å². The number of likely N-dealkylation sites (N-methyl/N-ethyl adjacent to an activating group) is 1. The molecular formula is C14H18N2. The third-order valence-corrected chi connectivity index (χ3v) is 4.65. The Morgan fingerprint density at radius 3 is 2.88 bits per heavy atom. The fourth-order valence-electron chi connectivity index (χ4n) is 3.97. The van der Waals surface area contributed by atoms with E-state index >= 15 is 0 Å². The van der Waals surface area contributed by atoms with Crippen LogP contribution in [0.3, 0.4) is 0 Å². The first kappa shape index (κ1) is 10.1. The van der Waals surface area contributed by atoms with Gasteiger partial charge in [0.1, 0.15) is 0 Å². The molecule has 84 valence electrons. The summed E-state index contributed by atoms with van der Waals surface area (Å²) in [5.41, 5.74) is 0. The molecule has 0 amide bonds. The molecule has 5 unspecified atom stereocenters. The second-order valence-corrected chi connectivity index (χ2v) is 5.32. The van der Waals surface area contributed by atoms with Crippen LogP contribution in [0.5, 0.6) is 0 Å². The standard InChI is InChI=1S/C14H18N2/c1-16-13-8-3-2-6-11(13)12-7-4-5-10(9-15)14(12)16/h2-3,6,8,10-14H,4-5,7H2,1H3. The largest absolute Gasteiger partial charge is 0.295 e. The SMILES string of the molecule is CN1C2C=CC=CC2C2CCCC(C#N)C21. The number of hydrogen-bond donors (Lipinski definition) is 0. The maximum Gasteiger partial charge on any atom is 0.0672 e. The molecule has 16 heavy (non-hydrogen) atoms. The van der Waals surface area contributed by atoms with Crippen LogP contribution in [-0.2, 0) is 0 Å². The number of likely N-dealkylation sites (tertiary alicyclic amines) is 1. The highest BCUT2D eigenvalue weighted by molar-refractivity contribution is 5.24. The highest BCUT2D eigenvalue weighted by atomic mass is 15.2. The van der Waals surface area contributed by atoms with Gasteiger partial charge in [0.15, 0.2) is 0 Å². The van der Waals surface area contributed by atoms with E-state index in [-0.39, 0.29) is 5.92 Å². The molecule has 1 saturated carbocycles. The Morgan fingerprint density at radius 1 is 1.25 bits per heavy atom. The quantitative estimate of drug-likeness (QED) is 0.619. The Kier molecular flexibility index (Phi) is 2.37. The molecule has 0 aromatic rings. The van der Waals surface area contributed by atoms with E-state index in [1.807, 2.05) is 0 Å². The Bertz CT molecular complexity index is 377. The molecule has 2 nitrogen and oxygen atoms in total. The van der Waals surface area contributed by atoms with E-state index in [1.165, 1.54) is 12.8 Å². The maximum absolute atomic E-state index is 9.28. The lowest BCUT2D eigenvalue weighted by Gasteiger charge is -2.34. The van der Waals surface area contributed by atoms with Gasteiger partial charge in [0, 0.05) is 18.0 Å². The summed E-state index contributed by atoms with van der Waals surface area (Å²) in [6.45, 7) is 0. The molecule has 0 aromatic carbocycles. The smallest absolute Gasteiger partial charge is 0.0672 e. The molecule has 1 heterocycles. The molecule has 0 bridgehead atoms. The van der Waals surface area contributed by atoms with Crippen LogP contribution in [-0.4, -0.2) is 24.0 Å². The van der Waals surface area contributed by atoms with Crippen molar-refractivity contribution in [1.29, 1.82) is 5.26 Å². The number of nitriles is 1. The van der Waals surface area contributed by atoms with Gasteiger partial charge in [-0.3, -0.25) is 4.90 Å². The summed E-state index contributed by atoms with van der Waals surface area (Å²) in [7, 11) is 2.20. The molecule has 2 aliphatic carbocycles. The zero-order chi connectivity index (χ0) is 11.1. The van der Waals surface area contributed by atoms with Crippen LogP contribution < -0.4 is 0 Å². The molecule has 3 aliphatic rings. The van der Waals surface area contributed by atoms with Crippen molar-refractivity contribution in [3.63, 3.8) is 0 Å². The Labute approximate surface area is 97.2 Å². The Hall–Kier alpha value is -1.07. The second kappa shape index (κ2) is 3.75. The van der Waals surface area contributed by atoms with Crippen LogP contribution >= 0.6 is 0 Å². The molecular weight excluding hydrogens is 196 g/mol. The van der Waals surface area contributed by atoms with Crippen LogP contribution in [0.4, 0.5) is 0 Å². The van der Waals surface area contributed by atoms with Crippen molar-refractivity contribution in [1.82, 2.24) is 4.90 Å². The van der Waals surface area contributed by atoms with E-state index < -0.39 is 0 Å². The normalized spacial score (nSPS) is 46.1. The molecule has 5 atom stereocenters. The highest BCUT2D eigenvalue weighted by Crippen LogP contribution is 2.46. The summed E-state index contributed by atoms with van der Waals surface area (Å²) < 4.78 is 0. The summed E-state index contributed by atoms with van der Waals surface area (Å²) in [6, 6.07) is 3.55. The minimum absolute atomic E-state index is 0.246. The van der Waals surface area contributed by atoms with E-state index in [0.717, 1.165) is 6.42 Å². The minimum Gasteiger partial charge on any atom is -0.295 e. The fourth-order valence-corrected chi connectivity index (χ4v) is 3.97. The number of nitrogens with zero attached hydrogens (tertiary/aromatic N) is 2. The molecule has 2 fully saturated rings. The van der Waals surface area contributed by atoms with E-state index in [0.29, 0.717) is 23.9 Å². The summed E-state index contributed by atoms with van der Waals surface area (Å²) in [5.74, 6) is 1.60. The van der Waals surface area contributed by atoms with E-state index in [2.05, 4.69) is 42.3 Å². The van der Waals surface area contributed by atoms with Gasteiger partial charge in [0.25, 0.3) is 0 Å². The van der Waals surface area contributed by atoms with Gasteiger partial charge in [-0.05, 0) is 25.8 Å². The van der Waals surface area contributed by atoms with Crippen molar-refractivity contribution in [2.45, 2.75) is 31.3 Å². The highest BCUT2D eigenvalue weighted by Gasteiger charge is 2.49. The van der Waals surface area contributed by atoms with Crippen LogP contribution in [0.1, 0.15) is 19.3 Å². The number of allylic oxidation sites excluding steroid dienone is 2. The predicted octanol–water partition coefficient (Wildman–Crippen LogP) is 2.35. The third kappa shape index (κ3) is 1.28. The van der Waals surface area contributed by atoms with E-state index in [1.54, 1.807) is 0 Å². The maximum atomic E-state index is 9.28. The first-order valence-corrected chi connectivity index (χ1v) is 6.29. The van der Waals surface area contributed by atoms with Crippen molar-refractivity contribution in [2.75, 3.05) is 7.05 Å². The summed E-state index contributed by atoms with van der Waals surface area (Å²) in [6.07, 6.45) is 12.6. The van der Waals surface area contributed by atoms with Gasteiger partial charge in [0.2, 0.25) is 0 Å². The van der Waals surface area contributed by atoms with Gasteiger partial charge in [-0.2, -0.15) is 5.26 Å². The van der Waals surface area contributed by atoms with Crippen molar-refractivity contribution in [3.8, 4) is 6.07 Å². The topological polar surface area (TPSA) is 27.0 Å². The van der Waals surface area contributed by atoms with Crippen molar-refractivity contribution in [3.05, 3.63) is 24.3 Å².